The SMILES string of the molecule is CC1(C(=O)O)OC(=O)/C(=C/c2ccccc2)O1. The Kier molecular flexibility index (Phi) is 2.59. The summed E-state index contributed by atoms with van der Waals surface area (Å²) >= 11 is 0. The molecule has 1 atom stereocenters. The van der Waals surface area contributed by atoms with E-state index in [9.17, 15) is 9.59 Å². The van der Waals surface area contributed by atoms with Crippen molar-refractivity contribution in [1.29, 1.82) is 0 Å². The van der Waals surface area contributed by atoms with Crippen LogP contribution in [0.5, 0.6) is 0 Å². The second-order valence-electron chi connectivity index (χ2n) is 3.66. The third-order valence-corrected chi connectivity index (χ3v) is 2.28. The van der Waals surface area contributed by atoms with Crippen molar-refractivity contribution < 1.29 is 24.2 Å². The molecule has 0 aliphatic carbocycles. The number of cyclic esters (lactones) is 1. The van der Waals surface area contributed by atoms with Crippen LogP contribution in [0.3, 0.4) is 0 Å². The number of hydrogen-bond donors (Lipinski definition) is 1. The van der Waals surface area contributed by atoms with Gasteiger partial charge in [-0.3, -0.25) is 0 Å². The van der Waals surface area contributed by atoms with E-state index < -0.39 is 17.7 Å². The Balaban J connectivity index is 2.28. The number of ether oxygens (including phenoxy) is 2. The van der Waals surface area contributed by atoms with Gasteiger partial charge in [-0.1, -0.05) is 30.3 Å². The van der Waals surface area contributed by atoms with Crippen LogP contribution in [0.1, 0.15) is 12.5 Å². The standard InChI is InChI=1S/C12H10O5/c1-12(11(14)15)16-9(10(13)17-12)7-8-5-3-2-4-6-8/h2-7H,1H3,(H,14,15)/b9-7-. The predicted molar refractivity (Wildman–Crippen MR) is 57.6 cm³/mol. The average molecular weight is 234 g/mol. The first kappa shape index (κ1) is 11.2. The number of carbonyl (C=O) groups excluding carboxylic acids is 1. The fourth-order valence-corrected chi connectivity index (χ4v) is 1.38. The van der Waals surface area contributed by atoms with Crippen molar-refractivity contribution in [2.45, 2.75) is 12.7 Å². The Morgan fingerprint density at radius 1 is 1.29 bits per heavy atom. The van der Waals surface area contributed by atoms with Crippen LogP contribution >= 0.6 is 0 Å². The van der Waals surface area contributed by atoms with Crippen molar-refractivity contribution in [2.75, 3.05) is 0 Å². The summed E-state index contributed by atoms with van der Waals surface area (Å²) in [7, 11) is 0. The summed E-state index contributed by atoms with van der Waals surface area (Å²) in [5.41, 5.74) is 0.731. The smallest absolute Gasteiger partial charge is 0.390 e. The molecule has 1 heterocycles. The lowest BCUT2D eigenvalue weighted by atomic mass is 10.2. The number of aliphatic carboxylic acids is 1. The van der Waals surface area contributed by atoms with E-state index in [1.807, 2.05) is 6.07 Å². The highest BCUT2D eigenvalue weighted by Gasteiger charge is 2.48. The van der Waals surface area contributed by atoms with Crippen LogP contribution in [0.25, 0.3) is 6.08 Å². The summed E-state index contributed by atoms with van der Waals surface area (Å²) in [6.45, 7) is 1.18. The van der Waals surface area contributed by atoms with E-state index in [1.165, 1.54) is 13.0 Å². The lowest BCUT2D eigenvalue weighted by Crippen LogP contribution is -2.36. The van der Waals surface area contributed by atoms with Gasteiger partial charge in [0.15, 0.2) is 0 Å². The van der Waals surface area contributed by atoms with Gasteiger partial charge in [-0.15, -0.1) is 0 Å². The van der Waals surface area contributed by atoms with Crippen LogP contribution in [0.4, 0.5) is 0 Å². The first-order chi connectivity index (χ1) is 8.01. The first-order valence-electron chi connectivity index (χ1n) is 4.94. The molecular formula is C12H10O5. The Hall–Kier alpha value is -2.30. The van der Waals surface area contributed by atoms with E-state index in [2.05, 4.69) is 4.74 Å². The zero-order valence-corrected chi connectivity index (χ0v) is 9.04. The summed E-state index contributed by atoms with van der Waals surface area (Å²) in [6, 6.07) is 8.95. The van der Waals surface area contributed by atoms with Gasteiger partial charge >= 0.3 is 17.7 Å². The van der Waals surface area contributed by atoms with E-state index in [0.717, 1.165) is 5.56 Å². The summed E-state index contributed by atoms with van der Waals surface area (Å²) in [5, 5.41) is 8.84. The van der Waals surface area contributed by atoms with Crippen molar-refractivity contribution in [3.05, 3.63) is 41.7 Å². The fraction of sp³-hybridized carbons (Fsp3) is 0.167. The molecule has 1 saturated heterocycles. The van der Waals surface area contributed by atoms with E-state index in [4.69, 9.17) is 9.84 Å². The minimum atomic E-state index is -1.93. The van der Waals surface area contributed by atoms with Crippen molar-refractivity contribution in [3.8, 4) is 0 Å². The lowest BCUT2D eigenvalue weighted by molar-refractivity contribution is -0.195. The number of hydrogen-bond acceptors (Lipinski definition) is 4. The van der Waals surface area contributed by atoms with Crippen LogP contribution in [0.2, 0.25) is 0 Å². The molecule has 1 aliphatic heterocycles. The highest BCUT2D eigenvalue weighted by atomic mass is 16.8. The van der Waals surface area contributed by atoms with Crippen molar-refractivity contribution in [3.63, 3.8) is 0 Å². The van der Waals surface area contributed by atoms with Gasteiger partial charge in [-0.05, 0) is 11.6 Å². The van der Waals surface area contributed by atoms with Crippen molar-refractivity contribution >= 4 is 18.0 Å². The summed E-state index contributed by atoms with van der Waals surface area (Å²) in [6.07, 6.45) is 1.44. The topological polar surface area (TPSA) is 72.8 Å². The third-order valence-electron chi connectivity index (χ3n) is 2.28. The molecule has 2 rings (SSSR count). The van der Waals surface area contributed by atoms with Gasteiger partial charge in [-0.2, -0.15) is 0 Å². The summed E-state index contributed by atoms with van der Waals surface area (Å²) < 4.78 is 9.68. The number of carboxylic acids is 1. The molecule has 1 aromatic carbocycles. The van der Waals surface area contributed by atoms with Gasteiger partial charge in [0, 0.05) is 6.92 Å². The number of carboxylic acid groups (broad SMARTS) is 1. The Bertz CT molecular complexity index is 491. The van der Waals surface area contributed by atoms with Crippen molar-refractivity contribution in [2.24, 2.45) is 0 Å². The Labute approximate surface area is 97.3 Å². The van der Waals surface area contributed by atoms with Crippen molar-refractivity contribution in [1.82, 2.24) is 0 Å². The molecule has 0 amide bonds. The van der Waals surface area contributed by atoms with Crippen LogP contribution in [0.15, 0.2) is 36.1 Å². The highest BCUT2D eigenvalue weighted by molar-refractivity contribution is 5.96. The molecule has 1 N–H and O–H groups in total. The largest absolute Gasteiger partial charge is 0.475 e. The van der Waals surface area contributed by atoms with Crippen LogP contribution in [0, 0.1) is 0 Å². The zero-order chi connectivity index (χ0) is 12.5. The third kappa shape index (κ3) is 2.13. The molecule has 88 valence electrons. The van der Waals surface area contributed by atoms with E-state index in [-0.39, 0.29) is 5.76 Å². The normalized spacial score (nSPS) is 25.5. The van der Waals surface area contributed by atoms with Gasteiger partial charge in [0.05, 0.1) is 0 Å². The second-order valence-corrected chi connectivity index (χ2v) is 3.66. The first-order valence-corrected chi connectivity index (χ1v) is 4.94. The Morgan fingerprint density at radius 2 is 1.94 bits per heavy atom. The molecule has 1 aliphatic rings. The molecule has 0 radical (unpaired) electrons. The minimum absolute atomic E-state index is 0.110. The van der Waals surface area contributed by atoms with E-state index in [1.54, 1.807) is 24.3 Å². The van der Waals surface area contributed by atoms with Crippen LogP contribution < -0.4 is 0 Å². The van der Waals surface area contributed by atoms with Gasteiger partial charge in [0.1, 0.15) is 0 Å². The molecule has 0 spiro atoms. The quantitative estimate of drug-likeness (QED) is 0.618. The Morgan fingerprint density at radius 3 is 2.47 bits per heavy atom. The van der Waals surface area contributed by atoms with E-state index >= 15 is 0 Å². The monoisotopic (exact) mass is 234 g/mol. The van der Waals surface area contributed by atoms with Crippen LogP contribution in [-0.2, 0) is 19.1 Å². The van der Waals surface area contributed by atoms with Gasteiger partial charge in [0.25, 0.3) is 0 Å². The molecular weight excluding hydrogens is 224 g/mol. The molecule has 0 saturated carbocycles. The fourth-order valence-electron chi connectivity index (χ4n) is 1.38. The molecule has 0 bridgehead atoms. The molecule has 5 nitrogen and oxygen atoms in total. The molecule has 1 aromatic rings. The number of esters is 1. The average Bonchev–Trinajstić information content (AvgIpc) is 2.57. The zero-order valence-electron chi connectivity index (χ0n) is 9.04. The molecule has 5 heteroatoms. The lowest BCUT2D eigenvalue weighted by Gasteiger charge is -2.14. The number of rotatable bonds is 2. The maximum absolute atomic E-state index is 11.4. The maximum Gasteiger partial charge on any atom is 0.390 e. The maximum atomic E-state index is 11.4. The van der Waals surface area contributed by atoms with E-state index in [0.29, 0.717) is 0 Å². The minimum Gasteiger partial charge on any atom is -0.475 e. The highest BCUT2D eigenvalue weighted by Crippen LogP contribution is 2.28. The number of carbonyl (C=O) groups is 2. The molecule has 17 heavy (non-hydrogen) atoms. The summed E-state index contributed by atoms with van der Waals surface area (Å²) in [5.74, 6) is -4.17. The van der Waals surface area contributed by atoms with Crippen LogP contribution in [-0.4, -0.2) is 22.8 Å². The molecule has 1 fully saturated rings. The predicted octanol–water partition coefficient (Wildman–Crippen LogP) is 1.40. The van der Waals surface area contributed by atoms with Gasteiger partial charge in [0.2, 0.25) is 5.76 Å². The van der Waals surface area contributed by atoms with Gasteiger partial charge in [-0.25, -0.2) is 9.59 Å². The molecule has 1 unspecified atom stereocenters. The second kappa shape index (κ2) is 3.93. The number of benzene rings is 1. The summed E-state index contributed by atoms with van der Waals surface area (Å²) in [4.78, 5) is 22.3. The van der Waals surface area contributed by atoms with Gasteiger partial charge < -0.3 is 14.6 Å². The molecule has 0 aromatic heterocycles.